The van der Waals surface area contributed by atoms with Gasteiger partial charge in [0.2, 0.25) is 0 Å². The molecule has 1 aromatic rings. The lowest BCUT2D eigenvalue weighted by Gasteiger charge is -2.19. The molecular formula is C20H33N5O3. The number of amides is 2. The Morgan fingerprint density at radius 3 is 2.46 bits per heavy atom. The summed E-state index contributed by atoms with van der Waals surface area (Å²) in [7, 11) is 1.62. The minimum absolute atomic E-state index is 0.0992. The van der Waals surface area contributed by atoms with Crippen molar-refractivity contribution in [2.75, 3.05) is 33.2 Å². The third kappa shape index (κ3) is 9.80. The number of nitrogens with zero attached hydrogens (tertiary/aromatic N) is 1. The molecule has 0 aliphatic carbocycles. The van der Waals surface area contributed by atoms with E-state index in [9.17, 15) is 9.59 Å². The van der Waals surface area contributed by atoms with Crippen LogP contribution in [0.15, 0.2) is 29.3 Å². The maximum atomic E-state index is 11.7. The Kier molecular flexibility index (Phi) is 9.84. The first-order valence-corrected chi connectivity index (χ1v) is 9.55. The molecule has 8 nitrogen and oxygen atoms in total. The molecule has 0 aliphatic rings. The minimum atomic E-state index is -0.511. The summed E-state index contributed by atoms with van der Waals surface area (Å²) < 4.78 is 5.19. The van der Waals surface area contributed by atoms with E-state index < -0.39 is 11.7 Å². The quantitative estimate of drug-likeness (QED) is 0.307. The average molecular weight is 392 g/mol. The summed E-state index contributed by atoms with van der Waals surface area (Å²) in [6, 6.07) is 7.51. The molecule has 0 atom stereocenters. The molecule has 0 heterocycles. The van der Waals surface area contributed by atoms with Crippen molar-refractivity contribution >= 4 is 18.0 Å². The first-order chi connectivity index (χ1) is 13.2. The molecule has 0 fully saturated rings. The number of rotatable bonds is 8. The molecule has 2 amide bonds. The van der Waals surface area contributed by atoms with Gasteiger partial charge in [0.1, 0.15) is 5.60 Å². The van der Waals surface area contributed by atoms with Crippen molar-refractivity contribution in [2.24, 2.45) is 4.99 Å². The number of nitrogens with one attached hydrogen (secondary N) is 4. The fraction of sp³-hybridized carbons (Fsp3) is 0.550. The molecule has 8 heteroatoms. The van der Waals surface area contributed by atoms with E-state index in [1.165, 1.54) is 0 Å². The van der Waals surface area contributed by atoms with Gasteiger partial charge < -0.3 is 26.0 Å². The third-order valence-corrected chi connectivity index (χ3v) is 3.52. The second kappa shape index (κ2) is 11.8. The highest BCUT2D eigenvalue weighted by Crippen LogP contribution is 2.07. The van der Waals surface area contributed by atoms with Crippen LogP contribution in [-0.2, 0) is 11.2 Å². The number of hydrogen-bond acceptors (Lipinski definition) is 4. The van der Waals surface area contributed by atoms with Crippen LogP contribution in [0.5, 0.6) is 0 Å². The van der Waals surface area contributed by atoms with Gasteiger partial charge in [0.05, 0.1) is 0 Å². The molecule has 0 aromatic heterocycles. The van der Waals surface area contributed by atoms with Crippen molar-refractivity contribution in [3.05, 3.63) is 35.4 Å². The highest BCUT2D eigenvalue weighted by molar-refractivity contribution is 5.94. The van der Waals surface area contributed by atoms with E-state index in [0.717, 1.165) is 18.5 Å². The highest BCUT2D eigenvalue weighted by Gasteiger charge is 2.15. The molecule has 0 saturated heterocycles. The van der Waals surface area contributed by atoms with E-state index in [4.69, 9.17) is 4.74 Å². The summed E-state index contributed by atoms with van der Waals surface area (Å²) in [5.41, 5.74) is 1.18. The van der Waals surface area contributed by atoms with Gasteiger partial charge in [0.25, 0.3) is 5.91 Å². The molecular weight excluding hydrogens is 358 g/mol. The normalized spacial score (nSPS) is 11.5. The standard InChI is InChI=1S/C20H33N5O3/c1-6-22-18(24-12-13-25-19(27)28-20(2,3)4)23-11-10-15-8-7-9-16(14-15)17(26)21-5/h7-9,14H,6,10-13H2,1-5H3,(H,21,26)(H,25,27)(H2,22,23,24). The summed E-state index contributed by atoms with van der Waals surface area (Å²) >= 11 is 0. The van der Waals surface area contributed by atoms with Crippen molar-refractivity contribution in [3.63, 3.8) is 0 Å². The SMILES string of the molecule is CCNC(=NCCc1cccc(C(=O)NC)c1)NCCNC(=O)OC(C)(C)C. The first-order valence-electron chi connectivity index (χ1n) is 9.55. The van der Waals surface area contributed by atoms with Gasteiger partial charge in [-0.1, -0.05) is 12.1 Å². The maximum Gasteiger partial charge on any atom is 0.407 e. The zero-order valence-electron chi connectivity index (χ0n) is 17.5. The topological polar surface area (TPSA) is 104 Å². The molecule has 1 rings (SSSR count). The molecule has 0 aliphatic heterocycles. The van der Waals surface area contributed by atoms with Crippen LogP contribution < -0.4 is 21.3 Å². The summed E-state index contributed by atoms with van der Waals surface area (Å²) in [6.07, 6.45) is 0.282. The number of aliphatic imine (C=N–C) groups is 1. The third-order valence-electron chi connectivity index (χ3n) is 3.52. The summed E-state index contributed by atoms with van der Waals surface area (Å²) in [4.78, 5) is 27.9. The lowest BCUT2D eigenvalue weighted by Crippen LogP contribution is -2.42. The van der Waals surface area contributed by atoms with Gasteiger partial charge in [0, 0.05) is 38.8 Å². The predicted octanol–water partition coefficient (Wildman–Crippen LogP) is 1.67. The number of ether oxygens (including phenoxy) is 1. The van der Waals surface area contributed by atoms with Crippen molar-refractivity contribution in [3.8, 4) is 0 Å². The second-order valence-corrected chi connectivity index (χ2v) is 7.15. The van der Waals surface area contributed by atoms with Crippen molar-refractivity contribution < 1.29 is 14.3 Å². The van der Waals surface area contributed by atoms with Crippen LogP contribution >= 0.6 is 0 Å². The Bertz CT molecular complexity index is 668. The van der Waals surface area contributed by atoms with Gasteiger partial charge in [-0.25, -0.2) is 4.79 Å². The zero-order chi connectivity index (χ0) is 21.0. The Labute approximate surface area is 167 Å². The molecule has 0 saturated carbocycles. The number of guanidine groups is 1. The van der Waals surface area contributed by atoms with Crippen LogP contribution in [0.4, 0.5) is 4.79 Å². The van der Waals surface area contributed by atoms with Crippen LogP contribution in [0.25, 0.3) is 0 Å². The number of carbonyl (C=O) groups is 2. The fourth-order valence-electron chi connectivity index (χ4n) is 2.31. The van der Waals surface area contributed by atoms with Gasteiger partial charge in [0.15, 0.2) is 5.96 Å². The number of carbonyl (C=O) groups excluding carboxylic acids is 2. The smallest absolute Gasteiger partial charge is 0.407 e. The molecule has 28 heavy (non-hydrogen) atoms. The van der Waals surface area contributed by atoms with Crippen molar-refractivity contribution in [1.82, 2.24) is 21.3 Å². The summed E-state index contributed by atoms with van der Waals surface area (Å²) in [5.74, 6) is 0.578. The minimum Gasteiger partial charge on any atom is -0.444 e. The van der Waals surface area contributed by atoms with E-state index >= 15 is 0 Å². The first kappa shape index (κ1) is 23.3. The average Bonchev–Trinajstić information content (AvgIpc) is 2.63. The Hall–Kier alpha value is -2.77. The van der Waals surface area contributed by atoms with Gasteiger partial charge in [-0.2, -0.15) is 0 Å². The molecule has 0 unspecified atom stereocenters. The summed E-state index contributed by atoms with van der Waals surface area (Å²) in [5, 5.41) is 11.7. The van der Waals surface area contributed by atoms with E-state index in [1.807, 2.05) is 45.9 Å². The van der Waals surface area contributed by atoms with Crippen LogP contribution in [0.3, 0.4) is 0 Å². The van der Waals surface area contributed by atoms with Crippen LogP contribution in [0.2, 0.25) is 0 Å². The largest absolute Gasteiger partial charge is 0.444 e. The number of hydrogen-bond donors (Lipinski definition) is 4. The molecule has 4 N–H and O–H groups in total. The van der Waals surface area contributed by atoms with Crippen LogP contribution in [0.1, 0.15) is 43.6 Å². The van der Waals surface area contributed by atoms with Crippen LogP contribution in [-0.4, -0.2) is 56.8 Å². The Morgan fingerprint density at radius 1 is 1.11 bits per heavy atom. The molecule has 1 aromatic carbocycles. The van der Waals surface area contributed by atoms with Gasteiger partial charge >= 0.3 is 6.09 Å². The number of alkyl carbamates (subject to hydrolysis) is 1. The lowest BCUT2D eigenvalue weighted by molar-refractivity contribution is 0.0528. The summed E-state index contributed by atoms with van der Waals surface area (Å²) in [6.45, 7) is 9.72. The fourth-order valence-corrected chi connectivity index (χ4v) is 2.31. The van der Waals surface area contributed by atoms with E-state index in [1.54, 1.807) is 13.1 Å². The van der Waals surface area contributed by atoms with E-state index in [-0.39, 0.29) is 5.91 Å². The Balaban J connectivity index is 2.45. The molecule has 156 valence electrons. The van der Waals surface area contributed by atoms with Crippen molar-refractivity contribution in [1.29, 1.82) is 0 Å². The monoisotopic (exact) mass is 391 g/mol. The van der Waals surface area contributed by atoms with Gasteiger partial charge in [-0.3, -0.25) is 9.79 Å². The van der Waals surface area contributed by atoms with Crippen molar-refractivity contribution in [2.45, 2.75) is 39.7 Å². The zero-order valence-corrected chi connectivity index (χ0v) is 17.5. The van der Waals surface area contributed by atoms with E-state index in [0.29, 0.717) is 31.2 Å². The van der Waals surface area contributed by atoms with E-state index in [2.05, 4.69) is 26.3 Å². The van der Waals surface area contributed by atoms with Crippen LogP contribution in [0, 0.1) is 0 Å². The molecule has 0 spiro atoms. The predicted molar refractivity (Wildman–Crippen MR) is 112 cm³/mol. The molecule has 0 bridgehead atoms. The Morgan fingerprint density at radius 2 is 1.82 bits per heavy atom. The molecule has 0 radical (unpaired) electrons. The van der Waals surface area contributed by atoms with Gasteiger partial charge in [-0.15, -0.1) is 0 Å². The highest BCUT2D eigenvalue weighted by atomic mass is 16.6. The lowest BCUT2D eigenvalue weighted by atomic mass is 10.1. The number of benzene rings is 1. The maximum absolute atomic E-state index is 11.7. The van der Waals surface area contributed by atoms with Gasteiger partial charge in [-0.05, 0) is 51.8 Å². The second-order valence-electron chi connectivity index (χ2n) is 7.15.